The van der Waals surface area contributed by atoms with Crippen LogP contribution >= 0.6 is 0 Å². The average Bonchev–Trinajstić information content (AvgIpc) is 2.72. The van der Waals surface area contributed by atoms with Gasteiger partial charge in [0.1, 0.15) is 12.2 Å². The van der Waals surface area contributed by atoms with Gasteiger partial charge in [-0.15, -0.1) is 0 Å². The molecule has 2 aromatic carbocycles. The van der Waals surface area contributed by atoms with Gasteiger partial charge in [0.25, 0.3) is 0 Å². The zero-order valence-corrected chi connectivity index (χ0v) is 17.9. The highest BCUT2D eigenvalue weighted by Crippen LogP contribution is 2.44. The smallest absolute Gasteiger partial charge is 0.336 e. The van der Waals surface area contributed by atoms with Gasteiger partial charge in [-0.05, 0) is 47.4 Å². The van der Waals surface area contributed by atoms with Crippen LogP contribution in [0.3, 0.4) is 0 Å². The van der Waals surface area contributed by atoms with Gasteiger partial charge in [0.2, 0.25) is 0 Å². The van der Waals surface area contributed by atoms with Gasteiger partial charge in [-0.3, -0.25) is 5.26 Å². The van der Waals surface area contributed by atoms with E-state index in [2.05, 4.69) is 74.7 Å². The fourth-order valence-electron chi connectivity index (χ4n) is 4.53. The van der Waals surface area contributed by atoms with Crippen LogP contribution in [0.5, 0.6) is 0 Å². The van der Waals surface area contributed by atoms with E-state index in [9.17, 15) is 4.79 Å². The molecule has 0 aliphatic heterocycles. The Bertz CT molecular complexity index is 885. The van der Waals surface area contributed by atoms with Crippen LogP contribution in [0.25, 0.3) is 10.8 Å². The molecule has 0 radical (unpaired) electrons. The van der Waals surface area contributed by atoms with Crippen molar-refractivity contribution in [3.05, 3.63) is 60.2 Å². The standard InChI is InChI=1S/C25H32O4/c1-16-10-13-22(23(14-16)28-24(26)17(2)18(3)29-27)25(4,5)21-12-11-19-8-6-7-9-20(19)15-21/h6-9,11-12,15-16,18,22-23,27H,2,10,13-14H2,1,3-5H3/t16-,18?,22-,23-/m0/s1. The lowest BCUT2D eigenvalue weighted by Gasteiger charge is -2.44. The first-order valence-electron chi connectivity index (χ1n) is 10.4. The van der Waals surface area contributed by atoms with E-state index < -0.39 is 12.1 Å². The second-order valence-corrected chi connectivity index (χ2v) is 9.02. The molecule has 4 atom stereocenters. The molecule has 0 saturated heterocycles. The van der Waals surface area contributed by atoms with Gasteiger partial charge in [0.05, 0.1) is 5.57 Å². The average molecular weight is 397 g/mol. The first-order valence-corrected chi connectivity index (χ1v) is 10.4. The third-order valence-corrected chi connectivity index (χ3v) is 6.64. The summed E-state index contributed by atoms with van der Waals surface area (Å²) < 4.78 is 5.92. The van der Waals surface area contributed by atoms with Crippen LogP contribution in [0.15, 0.2) is 54.6 Å². The molecule has 4 heteroatoms. The van der Waals surface area contributed by atoms with Crippen LogP contribution < -0.4 is 0 Å². The first kappa shape index (κ1) is 21.5. The summed E-state index contributed by atoms with van der Waals surface area (Å²) in [5.74, 6) is 0.197. The Kier molecular flexibility index (Phi) is 6.45. The van der Waals surface area contributed by atoms with Crippen molar-refractivity contribution in [2.24, 2.45) is 11.8 Å². The van der Waals surface area contributed by atoms with E-state index in [4.69, 9.17) is 9.99 Å². The molecule has 29 heavy (non-hydrogen) atoms. The van der Waals surface area contributed by atoms with E-state index in [0.29, 0.717) is 5.92 Å². The van der Waals surface area contributed by atoms with E-state index in [0.717, 1.165) is 19.3 Å². The van der Waals surface area contributed by atoms with E-state index in [1.54, 1.807) is 6.92 Å². The molecule has 0 bridgehead atoms. The number of rotatable bonds is 6. The molecular formula is C25H32O4. The Morgan fingerprint density at radius 2 is 1.86 bits per heavy atom. The molecule has 0 aromatic heterocycles. The van der Waals surface area contributed by atoms with Gasteiger partial charge in [-0.2, -0.15) is 0 Å². The number of hydrogen-bond donors (Lipinski definition) is 1. The van der Waals surface area contributed by atoms with E-state index >= 15 is 0 Å². The van der Waals surface area contributed by atoms with Gasteiger partial charge in [0, 0.05) is 5.92 Å². The monoisotopic (exact) mass is 396 g/mol. The quantitative estimate of drug-likeness (QED) is 0.286. The van der Waals surface area contributed by atoms with Crippen molar-refractivity contribution < 1.29 is 19.7 Å². The van der Waals surface area contributed by atoms with E-state index in [1.165, 1.54) is 16.3 Å². The van der Waals surface area contributed by atoms with Crippen LogP contribution in [0, 0.1) is 11.8 Å². The molecule has 3 rings (SSSR count). The van der Waals surface area contributed by atoms with Gasteiger partial charge in [-0.25, -0.2) is 9.68 Å². The number of benzene rings is 2. The van der Waals surface area contributed by atoms with Crippen molar-refractivity contribution in [3.63, 3.8) is 0 Å². The normalized spacial score (nSPS) is 23.6. The fourth-order valence-corrected chi connectivity index (χ4v) is 4.53. The number of carbonyl (C=O) groups is 1. The summed E-state index contributed by atoms with van der Waals surface area (Å²) in [5.41, 5.74) is 1.23. The number of hydrogen-bond acceptors (Lipinski definition) is 4. The van der Waals surface area contributed by atoms with Gasteiger partial charge < -0.3 is 4.74 Å². The Morgan fingerprint density at radius 1 is 1.17 bits per heavy atom. The topological polar surface area (TPSA) is 55.8 Å². The molecule has 1 aliphatic rings. The number of fused-ring (bicyclic) bond motifs is 1. The summed E-state index contributed by atoms with van der Waals surface area (Å²) in [4.78, 5) is 16.8. The lowest BCUT2D eigenvalue weighted by atomic mass is 9.64. The maximum Gasteiger partial charge on any atom is 0.336 e. The SMILES string of the molecule is C=C(C(=O)O[C@H]1C[C@@H](C)CC[C@@H]1C(C)(C)c1ccc2ccccc2c1)C(C)OO. The largest absolute Gasteiger partial charge is 0.459 e. The fraction of sp³-hybridized carbons (Fsp3) is 0.480. The highest BCUT2D eigenvalue weighted by atomic mass is 17.1. The molecule has 1 unspecified atom stereocenters. The molecule has 0 heterocycles. The highest BCUT2D eigenvalue weighted by Gasteiger charge is 2.42. The van der Waals surface area contributed by atoms with E-state index in [-0.39, 0.29) is 23.0 Å². The molecule has 1 aliphatic carbocycles. The lowest BCUT2D eigenvalue weighted by Crippen LogP contribution is -2.44. The number of esters is 1. The summed E-state index contributed by atoms with van der Waals surface area (Å²) in [5, 5.41) is 11.3. The van der Waals surface area contributed by atoms with Gasteiger partial charge in [0.15, 0.2) is 0 Å². The zero-order chi connectivity index (χ0) is 21.2. The Morgan fingerprint density at radius 3 is 2.55 bits per heavy atom. The van der Waals surface area contributed by atoms with Crippen molar-refractivity contribution in [2.75, 3.05) is 0 Å². The molecule has 1 saturated carbocycles. The van der Waals surface area contributed by atoms with Crippen molar-refractivity contribution >= 4 is 16.7 Å². The minimum absolute atomic E-state index is 0.132. The Balaban J connectivity index is 1.87. The predicted molar refractivity (Wildman–Crippen MR) is 116 cm³/mol. The van der Waals surface area contributed by atoms with E-state index in [1.807, 2.05) is 0 Å². The van der Waals surface area contributed by atoms with Crippen molar-refractivity contribution in [2.45, 2.75) is 64.6 Å². The maximum absolute atomic E-state index is 12.6. The molecule has 2 aromatic rings. The minimum atomic E-state index is -0.782. The number of carbonyl (C=O) groups excluding carboxylic acids is 1. The lowest BCUT2D eigenvalue weighted by molar-refractivity contribution is -0.264. The summed E-state index contributed by atoms with van der Waals surface area (Å²) in [6.45, 7) is 12.0. The van der Waals surface area contributed by atoms with Crippen molar-refractivity contribution in [1.82, 2.24) is 0 Å². The highest BCUT2D eigenvalue weighted by molar-refractivity contribution is 5.89. The third-order valence-electron chi connectivity index (χ3n) is 6.64. The molecule has 1 fully saturated rings. The third kappa shape index (κ3) is 4.54. The Hall–Kier alpha value is -2.17. The van der Waals surface area contributed by atoms with Crippen LogP contribution in [0.1, 0.15) is 52.5 Å². The number of ether oxygens (including phenoxy) is 1. The summed E-state index contributed by atoms with van der Waals surface area (Å²) in [6.07, 6.45) is 1.96. The predicted octanol–water partition coefficient (Wildman–Crippen LogP) is 5.90. The molecule has 0 spiro atoms. The second kappa shape index (κ2) is 8.68. The summed E-state index contributed by atoms with van der Waals surface area (Å²) in [7, 11) is 0. The maximum atomic E-state index is 12.6. The molecule has 156 valence electrons. The molecule has 1 N–H and O–H groups in total. The van der Waals surface area contributed by atoms with Gasteiger partial charge >= 0.3 is 5.97 Å². The van der Waals surface area contributed by atoms with Crippen LogP contribution in [0.4, 0.5) is 0 Å². The van der Waals surface area contributed by atoms with Crippen LogP contribution in [-0.4, -0.2) is 23.4 Å². The Labute approximate surface area is 173 Å². The zero-order valence-electron chi connectivity index (χ0n) is 17.9. The molecular weight excluding hydrogens is 364 g/mol. The minimum Gasteiger partial charge on any atom is -0.459 e. The second-order valence-electron chi connectivity index (χ2n) is 9.02. The van der Waals surface area contributed by atoms with Gasteiger partial charge in [-0.1, -0.05) is 76.2 Å². The van der Waals surface area contributed by atoms with Crippen molar-refractivity contribution in [1.29, 1.82) is 0 Å². The summed E-state index contributed by atoms with van der Waals surface area (Å²) in [6, 6.07) is 15.0. The van der Waals surface area contributed by atoms with Crippen molar-refractivity contribution in [3.8, 4) is 0 Å². The van der Waals surface area contributed by atoms with Crippen LogP contribution in [0.2, 0.25) is 0 Å². The molecule has 4 nitrogen and oxygen atoms in total. The molecule has 0 amide bonds. The first-order chi connectivity index (χ1) is 13.7. The van der Waals surface area contributed by atoms with Crippen LogP contribution in [-0.2, 0) is 19.8 Å². The summed E-state index contributed by atoms with van der Waals surface area (Å²) >= 11 is 0.